The number of nitrogens with zero attached hydrogens (tertiary/aromatic N) is 2. The number of carbonyl (C=O) groups is 2. The maximum absolute atomic E-state index is 13.1. The van der Waals surface area contributed by atoms with Gasteiger partial charge in [0.05, 0.1) is 17.8 Å². The number of carbonyl (C=O) groups excluding carboxylic acids is 1. The first-order valence-electron chi connectivity index (χ1n) is 10.5. The molecule has 0 aliphatic carbocycles. The average molecular weight is 459 g/mol. The van der Waals surface area contributed by atoms with Crippen molar-refractivity contribution in [3.63, 3.8) is 0 Å². The largest absolute Gasteiger partial charge is 0.478 e. The predicted molar refractivity (Wildman–Crippen MR) is 129 cm³/mol. The van der Waals surface area contributed by atoms with E-state index >= 15 is 0 Å². The molecular weight excluding hydrogens is 436 g/mol. The second-order valence-corrected chi connectivity index (χ2v) is 9.93. The van der Waals surface area contributed by atoms with Crippen LogP contribution in [0.15, 0.2) is 64.5 Å². The first kappa shape index (κ1) is 21.2. The fourth-order valence-corrected chi connectivity index (χ4v) is 4.84. The van der Waals surface area contributed by atoms with Gasteiger partial charge in [0.25, 0.3) is 0 Å². The van der Waals surface area contributed by atoms with Crippen molar-refractivity contribution >= 4 is 45.0 Å². The molecule has 0 aliphatic heterocycles. The van der Waals surface area contributed by atoms with Gasteiger partial charge in [-0.25, -0.2) is 9.78 Å². The van der Waals surface area contributed by atoms with Gasteiger partial charge in [-0.05, 0) is 30.3 Å². The minimum atomic E-state index is -1.01. The van der Waals surface area contributed by atoms with Crippen molar-refractivity contribution in [3.8, 4) is 10.8 Å². The molecule has 5 aromatic rings. The number of carboxylic acids is 1. The van der Waals surface area contributed by atoms with Gasteiger partial charge in [0.1, 0.15) is 5.58 Å². The van der Waals surface area contributed by atoms with Gasteiger partial charge in [-0.1, -0.05) is 39.0 Å². The number of ketones is 1. The molecule has 0 unspecified atom stereocenters. The van der Waals surface area contributed by atoms with Gasteiger partial charge in [0.2, 0.25) is 0 Å². The van der Waals surface area contributed by atoms with E-state index in [1.165, 1.54) is 17.5 Å². The molecule has 0 aliphatic rings. The lowest BCUT2D eigenvalue weighted by Gasteiger charge is -2.13. The monoisotopic (exact) mass is 458 g/mol. The number of rotatable bonds is 5. The second kappa shape index (κ2) is 7.71. The Morgan fingerprint density at radius 1 is 1.12 bits per heavy atom. The number of fused-ring (bicyclic) bond motifs is 2. The van der Waals surface area contributed by atoms with E-state index in [9.17, 15) is 14.7 Å². The summed E-state index contributed by atoms with van der Waals surface area (Å²) in [6.07, 6.45) is 1.52. The maximum atomic E-state index is 13.1. The Labute approximate surface area is 194 Å². The van der Waals surface area contributed by atoms with Gasteiger partial charge >= 0.3 is 5.97 Å². The van der Waals surface area contributed by atoms with Crippen LogP contribution in [0.3, 0.4) is 0 Å². The van der Waals surface area contributed by atoms with Crippen molar-refractivity contribution in [2.24, 2.45) is 0 Å². The fraction of sp³-hybridized carbons (Fsp3) is 0.192. The van der Waals surface area contributed by atoms with Crippen molar-refractivity contribution in [2.45, 2.75) is 32.7 Å². The summed E-state index contributed by atoms with van der Waals surface area (Å²) in [7, 11) is 0. The third-order valence-electron chi connectivity index (χ3n) is 5.65. The highest BCUT2D eigenvalue weighted by Crippen LogP contribution is 2.33. The summed E-state index contributed by atoms with van der Waals surface area (Å²) in [5, 5.41) is 13.8. The molecule has 0 saturated carbocycles. The number of hydrogen-bond donors (Lipinski definition) is 1. The molecule has 0 amide bonds. The standard InChI is InChI=1S/C26H22N2O4S/c1-26(2,3)23-14-33-24(27-23)22-11-16-10-15(8-9-21(16)32-22)20(29)13-28-12-18(25(30)31)17-6-4-5-7-19(17)28/h4-12,14H,13H2,1-3H3,(H,30,31). The molecule has 5 rings (SSSR count). The lowest BCUT2D eigenvalue weighted by atomic mass is 9.93. The molecule has 0 fully saturated rings. The van der Waals surface area contributed by atoms with Crippen LogP contribution >= 0.6 is 11.3 Å². The fourth-order valence-electron chi connectivity index (χ4n) is 3.85. The zero-order valence-electron chi connectivity index (χ0n) is 18.5. The summed E-state index contributed by atoms with van der Waals surface area (Å²) in [5.74, 6) is -0.444. The first-order chi connectivity index (χ1) is 15.7. The van der Waals surface area contributed by atoms with Crippen molar-refractivity contribution in [2.75, 3.05) is 0 Å². The Morgan fingerprint density at radius 2 is 1.91 bits per heavy atom. The zero-order valence-corrected chi connectivity index (χ0v) is 19.3. The summed E-state index contributed by atoms with van der Waals surface area (Å²) in [5.41, 5.74) is 3.11. The van der Waals surface area contributed by atoms with Crippen LogP contribution in [-0.2, 0) is 12.0 Å². The lowest BCUT2D eigenvalue weighted by Crippen LogP contribution is -2.11. The van der Waals surface area contributed by atoms with E-state index in [4.69, 9.17) is 9.40 Å². The van der Waals surface area contributed by atoms with Crippen LogP contribution < -0.4 is 0 Å². The van der Waals surface area contributed by atoms with E-state index in [0.29, 0.717) is 27.8 Å². The van der Waals surface area contributed by atoms with Crippen molar-refractivity contribution in [3.05, 3.63) is 76.9 Å². The highest BCUT2D eigenvalue weighted by atomic mass is 32.1. The van der Waals surface area contributed by atoms with Crippen LogP contribution in [0.5, 0.6) is 0 Å². The van der Waals surface area contributed by atoms with Crippen LogP contribution in [0.2, 0.25) is 0 Å². The Bertz CT molecular complexity index is 1530. The van der Waals surface area contributed by atoms with Crippen molar-refractivity contribution in [1.82, 2.24) is 9.55 Å². The number of aromatic nitrogens is 2. The summed E-state index contributed by atoms with van der Waals surface area (Å²) >= 11 is 1.54. The summed E-state index contributed by atoms with van der Waals surface area (Å²) < 4.78 is 7.68. The molecular formula is C26H22N2O4S. The highest BCUT2D eigenvalue weighted by molar-refractivity contribution is 7.13. The summed E-state index contributed by atoms with van der Waals surface area (Å²) in [4.78, 5) is 29.4. The third kappa shape index (κ3) is 3.85. The van der Waals surface area contributed by atoms with Gasteiger partial charge in [0.15, 0.2) is 16.6 Å². The molecule has 0 bridgehead atoms. The average Bonchev–Trinajstić information content (AvgIpc) is 3.49. The normalized spacial score (nSPS) is 12.0. The van der Waals surface area contributed by atoms with E-state index in [1.807, 2.05) is 29.6 Å². The summed E-state index contributed by atoms with van der Waals surface area (Å²) in [6.45, 7) is 6.41. The van der Waals surface area contributed by atoms with Crippen molar-refractivity contribution < 1.29 is 19.1 Å². The lowest BCUT2D eigenvalue weighted by molar-refractivity contribution is 0.0698. The van der Waals surface area contributed by atoms with Gasteiger partial charge in [-0.2, -0.15) is 0 Å². The van der Waals surface area contributed by atoms with Crippen LogP contribution in [0, 0.1) is 0 Å². The molecule has 0 spiro atoms. The number of aromatic carboxylic acids is 1. The quantitative estimate of drug-likeness (QED) is 0.309. The van der Waals surface area contributed by atoms with Crippen molar-refractivity contribution in [1.29, 1.82) is 0 Å². The zero-order chi connectivity index (χ0) is 23.3. The van der Waals surface area contributed by atoms with E-state index in [1.54, 1.807) is 28.8 Å². The molecule has 0 atom stereocenters. The molecule has 0 radical (unpaired) electrons. The Hall–Kier alpha value is -3.71. The van der Waals surface area contributed by atoms with Gasteiger partial charge in [-0.15, -0.1) is 11.3 Å². The molecule has 2 aromatic carbocycles. The van der Waals surface area contributed by atoms with Gasteiger partial charge in [-0.3, -0.25) is 4.79 Å². The number of furan rings is 1. The third-order valence-corrected chi connectivity index (χ3v) is 6.51. The topological polar surface area (TPSA) is 85.3 Å². The number of thiazole rings is 1. The molecule has 3 aromatic heterocycles. The maximum Gasteiger partial charge on any atom is 0.337 e. The summed E-state index contributed by atoms with van der Waals surface area (Å²) in [6, 6.07) is 14.4. The first-order valence-corrected chi connectivity index (χ1v) is 11.4. The number of Topliss-reactive ketones (excluding diaryl/α,β-unsaturated/α-hetero) is 1. The molecule has 166 valence electrons. The van der Waals surface area contributed by atoms with Crippen LogP contribution in [-0.4, -0.2) is 26.4 Å². The number of benzene rings is 2. The SMILES string of the molecule is CC(C)(C)c1csc(-c2cc3cc(C(=O)Cn4cc(C(=O)O)c5ccccc54)ccc3o2)n1. The van der Waals surface area contributed by atoms with Gasteiger partial charge < -0.3 is 14.1 Å². The van der Waals surface area contributed by atoms with E-state index in [-0.39, 0.29) is 23.3 Å². The molecule has 6 nitrogen and oxygen atoms in total. The molecule has 33 heavy (non-hydrogen) atoms. The Kier molecular flexibility index (Phi) is 4.94. The highest BCUT2D eigenvalue weighted by Gasteiger charge is 2.20. The van der Waals surface area contributed by atoms with Crippen LogP contribution in [0.4, 0.5) is 0 Å². The predicted octanol–water partition coefficient (Wildman–Crippen LogP) is 6.39. The minimum absolute atomic E-state index is 0.0382. The second-order valence-electron chi connectivity index (χ2n) is 9.07. The molecule has 7 heteroatoms. The number of para-hydroxylation sites is 1. The minimum Gasteiger partial charge on any atom is -0.478 e. The van der Waals surface area contributed by atoms with E-state index < -0.39 is 5.97 Å². The number of hydrogen-bond acceptors (Lipinski definition) is 5. The van der Waals surface area contributed by atoms with Crippen LogP contribution in [0.1, 0.15) is 47.2 Å². The molecule has 3 heterocycles. The van der Waals surface area contributed by atoms with E-state index in [0.717, 1.165) is 16.1 Å². The number of carboxylic acid groups (broad SMARTS) is 1. The van der Waals surface area contributed by atoms with Gasteiger partial charge in [0, 0.05) is 38.8 Å². The van der Waals surface area contributed by atoms with E-state index in [2.05, 4.69) is 20.8 Å². The molecule has 1 N–H and O–H groups in total. The smallest absolute Gasteiger partial charge is 0.337 e. The Balaban J connectivity index is 1.45. The Morgan fingerprint density at radius 3 is 2.64 bits per heavy atom. The molecule has 0 saturated heterocycles. The van der Waals surface area contributed by atoms with Crippen LogP contribution in [0.25, 0.3) is 32.6 Å².